The summed E-state index contributed by atoms with van der Waals surface area (Å²) in [5, 5.41) is 3.48. The molecule has 1 aliphatic heterocycles. The number of hydrogen-bond donors (Lipinski definition) is 1. The van der Waals surface area contributed by atoms with E-state index in [9.17, 15) is 0 Å². The molecule has 0 aliphatic carbocycles. The van der Waals surface area contributed by atoms with Crippen molar-refractivity contribution in [2.45, 2.75) is 38.6 Å². The third-order valence-electron chi connectivity index (χ3n) is 4.06. The molecule has 0 aromatic heterocycles. The van der Waals surface area contributed by atoms with Gasteiger partial charge in [0, 0.05) is 36.7 Å². The van der Waals surface area contributed by atoms with E-state index in [-0.39, 0.29) is 28.7 Å². The highest BCUT2D eigenvalue weighted by Crippen LogP contribution is 2.29. The molecule has 1 saturated heterocycles. The van der Waals surface area contributed by atoms with Gasteiger partial charge in [0.2, 0.25) is 0 Å². The second-order valence-corrected chi connectivity index (χ2v) is 9.01. The zero-order chi connectivity index (χ0) is 17.6. The van der Waals surface area contributed by atoms with Crippen molar-refractivity contribution in [3.63, 3.8) is 0 Å². The van der Waals surface area contributed by atoms with Crippen molar-refractivity contribution < 1.29 is 0 Å². The SMILES string of the molecule is CCNC(=NCc1ccccc1CN(C)C)N1CCSC(C)(C)C1.I. The zero-order valence-electron chi connectivity index (χ0n) is 16.2. The summed E-state index contributed by atoms with van der Waals surface area (Å²) in [4.78, 5) is 9.56. The van der Waals surface area contributed by atoms with Crippen molar-refractivity contribution in [2.24, 2.45) is 4.99 Å². The molecule has 0 spiro atoms. The molecule has 0 atom stereocenters. The molecule has 0 bridgehead atoms. The molecule has 0 saturated carbocycles. The van der Waals surface area contributed by atoms with Gasteiger partial charge < -0.3 is 15.1 Å². The van der Waals surface area contributed by atoms with Crippen LogP contribution in [0, 0.1) is 0 Å². The molecule has 2 rings (SSSR count). The van der Waals surface area contributed by atoms with E-state index in [0.717, 1.165) is 44.4 Å². The first kappa shape index (κ1) is 22.6. The topological polar surface area (TPSA) is 30.9 Å². The quantitative estimate of drug-likeness (QED) is 0.399. The monoisotopic (exact) mass is 476 g/mol. The normalized spacial score (nSPS) is 17.4. The van der Waals surface area contributed by atoms with Crippen LogP contribution in [0.25, 0.3) is 0 Å². The molecule has 1 N–H and O–H groups in total. The van der Waals surface area contributed by atoms with Gasteiger partial charge in [-0.3, -0.25) is 0 Å². The Bertz CT molecular complexity index is 560. The molecule has 25 heavy (non-hydrogen) atoms. The van der Waals surface area contributed by atoms with Gasteiger partial charge in [-0.1, -0.05) is 24.3 Å². The van der Waals surface area contributed by atoms with Crippen LogP contribution in [0.4, 0.5) is 0 Å². The number of nitrogens with one attached hydrogen (secondary N) is 1. The molecule has 0 unspecified atom stereocenters. The highest BCUT2D eigenvalue weighted by atomic mass is 127. The zero-order valence-corrected chi connectivity index (χ0v) is 19.4. The number of rotatable bonds is 5. The summed E-state index contributed by atoms with van der Waals surface area (Å²) in [7, 11) is 4.22. The lowest BCUT2D eigenvalue weighted by atomic mass is 10.1. The summed E-state index contributed by atoms with van der Waals surface area (Å²) in [5.41, 5.74) is 2.67. The van der Waals surface area contributed by atoms with Gasteiger partial charge in [0.1, 0.15) is 0 Å². The van der Waals surface area contributed by atoms with Gasteiger partial charge >= 0.3 is 0 Å². The van der Waals surface area contributed by atoms with Crippen LogP contribution < -0.4 is 5.32 Å². The minimum Gasteiger partial charge on any atom is -0.357 e. The minimum absolute atomic E-state index is 0. The Morgan fingerprint density at radius 2 is 1.96 bits per heavy atom. The second kappa shape index (κ2) is 10.6. The lowest BCUT2D eigenvalue weighted by Gasteiger charge is -2.39. The van der Waals surface area contributed by atoms with Crippen molar-refractivity contribution in [3.05, 3.63) is 35.4 Å². The molecule has 1 aliphatic rings. The molecule has 1 aromatic rings. The van der Waals surface area contributed by atoms with Gasteiger partial charge in [-0.2, -0.15) is 11.8 Å². The van der Waals surface area contributed by atoms with Crippen LogP contribution in [-0.4, -0.2) is 60.0 Å². The van der Waals surface area contributed by atoms with Gasteiger partial charge in [0.15, 0.2) is 5.96 Å². The fourth-order valence-corrected chi connectivity index (χ4v) is 4.10. The van der Waals surface area contributed by atoms with Crippen LogP contribution in [0.2, 0.25) is 0 Å². The van der Waals surface area contributed by atoms with Crippen molar-refractivity contribution in [1.29, 1.82) is 0 Å². The number of hydrogen-bond acceptors (Lipinski definition) is 3. The standard InChI is InChI=1S/C19H32N4S.HI/c1-6-20-18(23-11-12-24-19(2,3)15-23)21-13-16-9-7-8-10-17(16)14-22(4)5;/h7-10H,6,11-15H2,1-5H3,(H,20,21);1H. The Balaban J connectivity index is 0.00000312. The van der Waals surface area contributed by atoms with Gasteiger partial charge in [-0.05, 0) is 46.0 Å². The molecule has 142 valence electrons. The molecule has 0 radical (unpaired) electrons. The van der Waals surface area contributed by atoms with E-state index >= 15 is 0 Å². The highest BCUT2D eigenvalue weighted by molar-refractivity contribution is 14.0. The van der Waals surface area contributed by atoms with Crippen molar-refractivity contribution >= 4 is 41.7 Å². The lowest BCUT2D eigenvalue weighted by Crippen LogP contribution is -2.50. The fraction of sp³-hybridized carbons (Fsp3) is 0.632. The number of nitrogens with zero attached hydrogens (tertiary/aromatic N) is 3. The summed E-state index contributed by atoms with van der Waals surface area (Å²) >= 11 is 2.05. The maximum Gasteiger partial charge on any atom is 0.194 e. The number of halogens is 1. The molecule has 0 amide bonds. The van der Waals surface area contributed by atoms with E-state index in [2.05, 4.69) is 86.0 Å². The summed E-state index contributed by atoms with van der Waals surface area (Å²) < 4.78 is 0.289. The van der Waals surface area contributed by atoms with E-state index in [1.54, 1.807) is 0 Å². The maximum absolute atomic E-state index is 4.94. The van der Waals surface area contributed by atoms with E-state index in [0.29, 0.717) is 0 Å². The Morgan fingerprint density at radius 1 is 1.28 bits per heavy atom. The van der Waals surface area contributed by atoms with E-state index in [1.807, 2.05) is 0 Å². The first-order valence-electron chi connectivity index (χ1n) is 8.80. The third kappa shape index (κ3) is 7.35. The maximum atomic E-state index is 4.94. The van der Waals surface area contributed by atoms with Crippen molar-refractivity contribution in [3.8, 4) is 0 Å². The molecule has 1 heterocycles. The number of benzene rings is 1. The Labute approximate surface area is 174 Å². The molecular formula is C19H33IN4S. The van der Waals surface area contributed by atoms with Crippen LogP contribution >= 0.6 is 35.7 Å². The van der Waals surface area contributed by atoms with Gasteiger partial charge in [-0.15, -0.1) is 24.0 Å². The predicted molar refractivity (Wildman–Crippen MR) is 122 cm³/mol. The molecule has 1 fully saturated rings. The Morgan fingerprint density at radius 3 is 2.56 bits per heavy atom. The smallest absolute Gasteiger partial charge is 0.194 e. The second-order valence-electron chi connectivity index (χ2n) is 7.21. The molecule has 1 aromatic carbocycles. The van der Waals surface area contributed by atoms with Gasteiger partial charge in [0.25, 0.3) is 0 Å². The summed E-state index contributed by atoms with van der Waals surface area (Å²) in [6.45, 7) is 11.5. The van der Waals surface area contributed by atoms with Crippen LogP contribution in [-0.2, 0) is 13.1 Å². The Kier molecular flexibility index (Phi) is 9.59. The minimum atomic E-state index is 0. The van der Waals surface area contributed by atoms with Gasteiger partial charge in [-0.25, -0.2) is 4.99 Å². The number of aliphatic imine (C=N–C) groups is 1. The molecule has 6 heteroatoms. The largest absolute Gasteiger partial charge is 0.357 e. The van der Waals surface area contributed by atoms with Crippen LogP contribution in [0.5, 0.6) is 0 Å². The van der Waals surface area contributed by atoms with Crippen LogP contribution in [0.3, 0.4) is 0 Å². The van der Waals surface area contributed by atoms with E-state index in [4.69, 9.17) is 4.99 Å². The third-order valence-corrected chi connectivity index (χ3v) is 5.36. The summed E-state index contributed by atoms with van der Waals surface area (Å²) in [5.74, 6) is 2.21. The van der Waals surface area contributed by atoms with E-state index < -0.39 is 0 Å². The predicted octanol–water partition coefficient (Wildman–Crippen LogP) is 3.66. The Hall–Kier alpha value is -0.470. The average molecular weight is 476 g/mol. The van der Waals surface area contributed by atoms with Crippen LogP contribution in [0.1, 0.15) is 31.9 Å². The number of guanidine groups is 1. The first-order valence-corrected chi connectivity index (χ1v) is 9.78. The van der Waals surface area contributed by atoms with Crippen LogP contribution in [0.15, 0.2) is 29.3 Å². The number of thioether (sulfide) groups is 1. The molecular weight excluding hydrogens is 443 g/mol. The van der Waals surface area contributed by atoms with Crippen molar-refractivity contribution in [1.82, 2.24) is 15.1 Å². The van der Waals surface area contributed by atoms with E-state index in [1.165, 1.54) is 11.1 Å². The van der Waals surface area contributed by atoms with Crippen molar-refractivity contribution in [2.75, 3.05) is 39.5 Å². The summed E-state index contributed by atoms with van der Waals surface area (Å²) in [6.07, 6.45) is 0. The van der Waals surface area contributed by atoms with Gasteiger partial charge in [0.05, 0.1) is 6.54 Å². The first-order chi connectivity index (χ1) is 11.4. The lowest BCUT2D eigenvalue weighted by molar-refractivity contribution is 0.375. The fourth-order valence-electron chi connectivity index (χ4n) is 2.99. The molecule has 4 nitrogen and oxygen atoms in total. The highest BCUT2D eigenvalue weighted by Gasteiger charge is 2.28. The summed E-state index contributed by atoms with van der Waals surface area (Å²) in [6, 6.07) is 8.62. The average Bonchev–Trinajstić information content (AvgIpc) is 2.51.